The smallest absolute Gasteiger partial charge is 0.276 e. The summed E-state index contributed by atoms with van der Waals surface area (Å²) >= 11 is 4.89. The van der Waals surface area contributed by atoms with Crippen LogP contribution in [0.4, 0.5) is 0 Å². The Morgan fingerprint density at radius 3 is 2.68 bits per heavy atom. The maximum absolute atomic E-state index is 11.6. The third-order valence-corrected chi connectivity index (χ3v) is 4.52. The summed E-state index contributed by atoms with van der Waals surface area (Å²) in [5.41, 5.74) is 5.70. The van der Waals surface area contributed by atoms with Crippen LogP contribution in [0.25, 0.3) is 0 Å². The quantitative estimate of drug-likeness (QED) is 0.780. The van der Waals surface area contributed by atoms with Crippen molar-refractivity contribution in [1.82, 2.24) is 10.9 Å². The number of carbonyl (C=O) groups is 2. The molecular weight excluding hydrogens is 368 g/mol. The van der Waals surface area contributed by atoms with Crippen LogP contribution in [0.3, 0.4) is 0 Å². The average Bonchev–Trinajstić information content (AvgIpc) is 2.99. The fourth-order valence-corrected chi connectivity index (χ4v) is 2.60. The first-order chi connectivity index (χ1) is 10.5. The van der Waals surface area contributed by atoms with Gasteiger partial charge in [-0.1, -0.05) is 22.0 Å². The molecule has 0 unspecified atom stereocenters. The van der Waals surface area contributed by atoms with Crippen LogP contribution in [0.15, 0.2) is 40.2 Å². The first kappa shape index (κ1) is 16.5. The molecule has 22 heavy (non-hydrogen) atoms. The van der Waals surface area contributed by atoms with E-state index in [0.29, 0.717) is 5.75 Å². The van der Waals surface area contributed by atoms with Crippen LogP contribution in [0.1, 0.15) is 10.4 Å². The Kier molecular flexibility index (Phi) is 5.97. The number of rotatable bonds is 5. The molecule has 0 spiro atoms. The second kappa shape index (κ2) is 7.95. The van der Waals surface area contributed by atoms with Crippen LogP contribution >= 0.6 is 27.3 Å². The topological polar surface area (TPSA) is 67.4 Å². The molecule has 0 bridgehead atoms. The molecule has 0 aliphatic carbocycles. The molecule has 7 heteroatoms. The van der Waals surface area contributed by atoms with E-state index in [0.717, 1.165) is 14.9 Å². The highest BCUT2D eigenvalue weighted by molar-refractivity contribution is 9.10. The lowest BCUT2D eigenvalue weighted by molar-refractivity contribution is -0.129. The number of hydrogen-bond donors (Lipinski definition) is 2. The maximum atomic E-state index is 11.6. The fraction of sp³-hybridized carbons (Fsp3) is 0.200. The molecule has 0 saturated heterocycles. The van der Waals surface area contributed by atoms with Gasteiger partial charge in [-0.3, -0.25) is 20.4 Å². The van der Waals surface area contributed by atoms with Crippen LogP contribution < -0.4 is 15.6 Å². The number of hydrogen-bond acceptors (Lipinski definition) is 4. The zero-order valence-corrected chi connectivity index (χ0v) is 14.3. The van der Waals surface area contributed by atoms with Gasteiger partial charge in [-0.25, -0.2) is 0 Å². The Morgan fingerprint density at radius 1 is 1.23 bits per heavy atom. The van der Waals surface area contributed by atoms with Crippen molar-refractivity contribution in [2.45, 2.75) is 13.3 Å². The van der Waals surface area contributed by atoms with Crippen LogP contribution in [-0.4, -0.2) is 18.4 Å². The molecule has 0 aliphatic heterocycles. The van der Waals surface area contributed by atoms with Crippen molar-refractivity contribution in [2.24, 2.45) is 0 Å². The molecule has 0 fully saturated rings. The Hall–Kier alpha value is -1.86. The molecule has 2 N–H and O–H groups in total. The van der Waals surface area contributed by atoms with Crippen molar-refractivity contribution in [1.29, 1.82) is 0 Å². The normalized spacial score (nSPS) is 10.1. The van der Waals surface area contributed by atoms with E-state index in [2.05, 4.69) is 26.8 Å². The predicted molar refractivity (Wildman–Crippen MR) is 88.7 cm³/mol. The minimum atomic E-state index is -0.417. The third-order valence-electron chi connectivity index (χ3n) is 2.76. The van der Waals surface area contributed by atoms with Gasteiger partial charge in [0.2, 0.25) is 5.91 Å². The van der Waals surface area contributed by atoms with E-state index in [1.807, 2.05) is 36.6 Å². The molecule has 0 aliphatic rings. The molecule has 1 aromatic heterocycles. The molecule has 0 radical (unpaired) electrons. The summed E-state index contributed by atoms with van der Waals surface area (Å²) in [6.45, 7) is 1.77. The number of ether oxygens (including phenoxy) is 1. The Morgan fingerprint density at radius 2 is 2.00 bits per heavy atom. The second-order valence-electron chi connectivity index (χ2n) is 4.55. The lowest BCUT2D eigenvalue weighted by Crippen LogP contribution is -2.44. The van der Waals surface area contributed by atoms with Gasteiger partial charge in [0.25, 0.3) is 5.91 Å². The van der Waals surface area contributed by atoms with Crippen molar-refractivity contribution < 1.29 is 14.3 Å². The molecule has 1 heterocycles. The Labute approximate surface area is 140 Å². The monoisotopic (exact) mass is 382 g/mol. The number of amides is 2. The van der Waals surface area contributed by atoms with Crippen molar-refractivity contribution in [3.63, 3.8) is 0 Å². The number of nitrogens with one attached hydrogen (secondary N) is 2. The number of benzene rings is 1. The van der Waals surface area contributed by atoms with Gasteiger partial charge in [0.15, 0.2) is 6.61 Å². The van der Waals surface area contributed by atoms with E-state index in [-0.39, 0.29) is 18.9 Å². The lowest BCUT2D eigenvalue weighted by Gasteiger charge is -2.09. The Balaban J connectivity index is 1.71. The van der Waals surface area contributed by atoms with E-state index in [4.69, 9.17) is 4.74 Å². The van der Waals surface area contributed by atoms with Crippen LogP contribution in [-0.2, 0) is 16.0 Å². The van der Waals surface area contributed by atoms with E-state index in [9.17, 15) is 9.59 Å². The molecule has 5 nitrogen and oxygen atoms in total. The minimum Gasteiger partial charge on any atom is -0.484 e. The number of carbonyl (C=O) groups excluding carboxylic acids is 2. The highest BCUT2D eigenvalue weighted by Crippen LogP contribution is 2.21. The molecule has 116 valence electrons. The summed E-state index contributed by atoms with van der Waals surface area (Å²) in [6.07, 6.45) is 0.241. The molecule has 2 rings (SSSR count). The van der Waals surface area contributed by atoms with Gasteiger partial charge in [0.05, 0.1) is 6.42 Å². The van der Waals surface area contributed by atoms with Gasteiger partial charge >= 0.3 is 0 Å². The van der Waals surface area contributed by atoms with Gasteiger partial charge in [0.1, 0.15) is 5.75 Å². The van der Waals surface area contributed by atoms with Gasteiger partial charge < -0.3 is 4.74 Å². The van der Waals surface area contributed by atoms with Crippen molar-refractivity contribution in [3.8, 4) is 5.75 Å². The molecule has 0 atom stereocenters. The Bertz CT molecular complexity index is 659. The van der Waals surface area contributed by atoms with Crippen molar-refractivity contribution in [3.05, 3.63) is 50.6 Å². The van der Waals surface area contributed by atoms with Crippen LogP contribution in [0, 0.1) is 6.92 Å². The van der Waals surface area contributed by atoms with E-state index < -0.39 is 5.91 Å². The number of halogens is 1. The van der Waals surface area contributed by atoms with Crippen molar-refractivity contribution in [2.75, 3.05) is 6.61 Å². The van der Waals surface area contributed by atoms with Gasteiger partial charge in [-0.15, -0.1) is 11.3 Å². The van der Waals surface area contributed by atoms with Gasteiger partial charge in [-0.2, -0.15) is 0 Å². The average molecular weight is 383 g/mol. The fourth-order valence-electron chi connectivity index (χ4n) is 1.65. The van der Waals surface area contributed by atoms with E-state index >= 15 is 0 Å². The highest BCUT2D eigenvalue weighted by Gasteiger charge is 2.07. The predicted octanol–water partition coefficient (Wildman–Crippen LogP) is 2.59. The summed E-state index contributed by atoms with van der Waals surface area (Å²) in [4.78, 5) is 24.2. The molecular formula is C15H15BrN2O3S. The summed E-state index contributed by atoms with van der Waals surface area (Å²) in [5, 5.41) is 1.90. The first-order valence-electron chi connectivity index (χ1n) is 6.53. The second-order valence-corrected chi connectivity index (χ2v) is 6.44. The summed E-state index contributed by atoms with van der Waals surface area (Å²) in [7, 11) is 0. The van der Waals surface area contributed by atoms with E-state index in [1.54, 1.807) is 6.07 Å². The highest BCUT2D eigenvalue weighted by atomic mass is 79.9. The largest absolute Gasteiger partial charge is 0.484 e. The molecule has 0 saturated carbocycles. The standard InChI is InChI=1S/C15H15BrN2O3S/c1-10-7-11(4-5-13(10)16)21-9-15(20)18-17-14(19)8-12-3-2-6-22-12/h2-7H,8-9H2,1H3,(H,17,19)(H,18,20). The molecule has 1 aromatic carbocycles. The maximum Gasteiger partial charge on any atom is 0.276 e. The number of aryl methyl sites for hydroxylation is 1. The zero-order chi connectivity index (χ0) is 15.9. The molecule has 2 aromatic rings. The summed E-state index contributed by atoms with van der Waals surface area (Å²) in [6, 6.07) is 9.18. The van der Waals surface area contributed by atoms with Gasteiger partial charge in [0, 0.05) is 9.35 Å². The SMILES string of the molecule is Cc1cc(OCC(=O)NNC(=O)Cc2cccs2)ccc1Br. The minimum absolute atomic E-state index is 0.166. The lowest BCUT2D eigenvalue weighted by atomic mass is 10.2. The van der Waals surface area contributed by atoms with Crippen LogP contribution in [0.2, 0.25) is 0 Å². The summed E-state index contributed by atoms with van der Waals surface area (Å²) < 4.78 is 6.34. The van der Waals surface area contributed by atoms with Crippen LogP contribution in [0.5, 0.6) is 5.75 Å². The van der Waals surface area contributed by atoms with E-state index in [1.165, 1.54) is 11.3 Å². The summed E-state index contributed by atoms with van der Waals surface area (Å²) in [5.74, 6) is -0.0869. The third kappa shape index (κ3) is 5.16. The number of hydrazine groups is 1. The zero-order valence-electron chi connectivity index (χ0n) is 11.9. The first-order valence-corrected chi connectivity index (χ1v) is 8.21. The van der Waals surface area contributed by atoms with Gasteiger partial charge in [-0.05, 0) is 42.1 Å². The van der Waals surface area contributed by atoms with Crippen molar-refractivity contribution >= 4 is 39.1 Å². The molecule has 2 amide bonds. The number of thiophene rings is 1.